The molecule has 0 unspecified atom stereocenters. The van der Waals surface area contributed by atoms with Crippen molar-refractivity contribution in [2.45, 2.75) is 0 Å². The Hall–Kier alpha value is -1.77. The van der Waals surface area contributed by atoms with E-state index in [1.54, 1.807) is 31.4 Å². The quantitative estimate of drug-likeness (QED) is 0.659. The smallest absolute Gasteiger partial charge is 0.379 e. The molecule has 1 rings (SSSR count). The van der Waals surface area contributed by atoms with Crippen molar-refractivity contribution in [3.63, 3.8) is 0 Å². The fraction of sp³-hybridized carbons (Fsp3) is 0.100. The van der Waals surface area contributed by atoms with Gasteiger partial charge in [-0.2, -0.15) is 0 Å². The highest BCUT2D eigenvalue weighted by molar-refractivity contribution is 5.84. The standard InChI is InChI=1S/C10H9O3/c1-13-9-5-2-8(3-6-9)4-7-10(11)12/h2-7H,1H3. The summed E-state index contributed by atoms with van der Waals surface area (Å²) < 4.78 is 4.94. The lowest BCUT2D eigenvalue weighted by atomic mass is 10.2. The van der Waals surface area contributed by atoms with Gasteiger partial charge in [0.15, 0.2) is 0 Å². The van der Waals surface area contributed by atoms with Gasteiger partial charge in [0.1, 0.15) is 5.75 Å². The molecule has 0 atom stereocenters. The molecule has 0 spiro atoms. The Morgan fingerprint density at radius 3 is 2.38 bits per heavy atom. The van der Waals surface area contributed by atoms with E-state index in [9.17, 15) is 9.90 Å². The fourth-order valence-corrected chi connectivity index (χ4v) is 0.879. The SMILES string of the molecule is COc1ccc(C=CC([O])=O)cc1. The zero-order valence-corrected chi connectivity index (χ0v) is 7.19. The van der Waals surface area contributed by atoms with Gasteiger partial charge in [0, 0.05) is 6.08 Å². The molecule has 1 aromatic rings. The largest absolute Gasteiger partial charge is 0.497 e. The molecule has 0 heterocycles. The van der Waals surface area contributed by atoms with E-state index in [1.165, 1.54) is 6.08 Å². The van der Waals surface area contributed by atoms with Gasteiger partial charge in [0.25, 0.3) is 0 Å². The maximum absolute atomic E-state index is 10.1. The van der Waals surface area contributed by atoms with Crippen molar-refractivity contribution in [2.75, 3.05) is 7.11 Å². The lowest BCUT2D eigenvalue weighted by molar-refractivity contribution is -0.137. The Labute approximate surface area is 76.3 Å². The van der Waals surface area contributed by atoms with E-state index in [2.05, 4.69) is 0 Å². The van der Waals surface area contributed by atoms with Crippen molar-refractivity contribution in [1.82, 2.24) is 0 Å². The maximum atomic E-state index is 10.1. The highest BCUT2D eigenvalue weighted by Crippen LogP contribution is 2.11. The summed E-state index contributed by atoms with van der Waals surface area (Å²) in [4.78, 5) is 10.1. The van der Waals surface area contributed by atoms with Crippen LogP contribution in [0.5, 0.6) is 5.75 Å². The molecule has 3 heteroatoms. The number of hydrogen-bond acceptors (Lipinski definition) is 2. The summed E-state index contributed by atoms with van der Waals surface area (Å²) in [7, 11) is 1.58. The first-order valence-corrected chi connectivity index (χ1v) is 3.75. The molecule has 1 radical (unpaired) electrons. The molecule has 67 valence electrons. The monoisotopic (exact) mass is 177 g/mol. The fourth-order valence-electron chi connectivity index (χ4n) is 0.879. The van der Waals surface area contributed by atoms with Gasteiger partial charge in [-0.3, -0.25) is 0 Å². The molecule has 0 saturated heterocycles. The number of carbonyl (C=O) groups is 1. The van der Waals surface area contributed by atoms with Gasteiger partial charge in [-0.25, -0.2) is 9.90 Å². The predicted molar refractivity (Wildman–Crippen MR) is 47.7 cm³/mol. The zero-order valence-electron chi connectivity index (χ0n) is 7.19. The normalized spacial score (nSPS) is 10.2. The zero-order chi connectivity index (χ0) is 9.68. The lowest BCUT2D eigenvalue weighted by Gasteiger charge is -1.98. The average Bonchev–Trinajstić information content (AvgIpc) is 2.15. The van der Waals surface area contributed by atoms with Crippen LogP contribution in [0.3, 0.4) is 0 Å². The van der Waals surface area contributed by atoms with Gasteiger partial charge in [0.05, 0.1) is 7.11 Å². The maximum Gasteiger partial charge on any atom is 0.379 e. The van der Waals surface area contributed by atoms with Gasteiger partial charge < -0.3 is 4.74 Å². The van der Waals surface area contributed by atoms with Crippen LogP contribution in [0.1, 0.15) is 5.56 Å². The Morgan fingerprint density at radius 2 is 1.92 bits per heavy atom. The van der Waals surface area contributed by atoms with Crippen molar-refractivity contribution in [1.29, 1.82) is 0 Å². The van der Waals surface area contributed by atoms with Crippen LogP contribution in [-0.2, 0) is 9.90 Å². The van der Waals surface area contributed by atoms with Crippen LogP contribution >= 0.6 is 0 Å². The minimum Gasteiger partial charge on any atom is -0.497 e. The molecule has 3 nitrogen and oxygen atoms in total. The molecule has 0 amide bonds. The van der Waals surface area contributed by atoms with Crippen LogP contribution in [0.25, 0.3) is 6.08 Å². The third kappa shape index (κ3) is 2.99. The van der Waals surface area contributed by atoms with Crippen molar-refractivity contribution in [3.05, 3.63) is 35.9 Å². The number of rotatable bonds is 3. The number of carbonyl (C=O) groups excluding carboxylic acids is 1. The van der Waals surface area contributed by atoms with Gasteiger partial charge >= 0.3 is 5.97 Å². The number of ether oxygens (including phenoxy) is 1. The molecule has 0 saturated carbocycles. The minimum atomic E-state index is -1.20. The number of methoxy groups -OCH3 is 1. The Bertz CT molecular complexity index is 311. The highest BCUT2D eigenvalue weighted by Gasteiger charge is 1.92. The third-order valence-corrected chi connectivity index (χ3v) is 1.53. The first-order chi connectivity index (χ1) is 6.22. The van der Waals surface area contributed by atoms with E-state index in [1.807, 2.05) is 0 Å². The van der Waals surface area contributed by atoms with Crippen LogP contribution in [-0.4, -0.2) is 13.1 Å². The van der Waals surface area contributed by atoms with Crippen LogP contribution < -0.4 is 4.74 Å². The van der Waals surface area contributed by atoms with Gasteiger partial charge in [-0.05, 0) is 23.8 Å². The first-order valence-electron chi connectivity index (χ1n) is 3.75. The number of hydrogen-bond donors (Lipinski definition) is 0. The summed E-state index contributed by atoms with van der Waals surface area (Å²) in [6.07, 6.45) is 2.45. The Kier molecular flexibility index (Phi) is 3.09. The lowest BCUT2D eigenvalue weighted by Crippen LogP contribution is -1.84. The summed E-state index contributed by atoms with van der Waals surface area (Å²) in [5, 5.41) is 10.1. The molecule has 1 aromatic carbocycles. The van der Waals surface area contributed by atoms with E-state index in [0.717, 1.165) is 17.4 Å². The molecule has 0 aliphatic carbocycles. The van der Waals surface area contributed by atoms with E-state index < -0.39 is 5.97 Å². The van der Waals surface area contributed by atoms with E-state index in [-0.39, 0.29) is 0 Å². The summed E-state index contributed by atoms with van der Waals surface area (Å²) in [5.41, 5.74) is 0.796. The Morgan fingerprint density at radius 1 is 1.31 bits per heavy atom. The molecule has 0 bridgehead atoms. The van der Waals surface area contributed by atoms with Crippen LogP contribution in [0.4, 0.5) is 0 Å². The molecular weight excluding hydrogens is 168 g/mol. The van der Waals surface area contributed by atoms with Crippen LogP contribution in [0, 0.1) is 0 Å². The summed E-state index contributed by atoms with van der Waals surface area (Å²) in [6.45, 7) is 0. The summed E-state index contributed by atoms with van der Waals surface area (Å²) >= 11 is 0. The second kappa shape index (κ2) is 4.30. The third-order valence-electron chi connectivity index (χ3n) is 1.53. The molecule has 0 aliphatic rings. The molecule has 0 aromatic heterocycles. The Balaban J connectivity index is 2.75. The first kappa shape index (κ1) is 9.32. The minimum absolute atomic E-state index is 0.741. The van der Waals surface area contributed by atoms with Crippen molar-refractivity contribution < 1.29 is 14.6 Å². The van der Waals surface area contributed by atoms with Gasteiger partial charge in [-0.15, -0.1) is 0 Å². The van der Waals surface area contributed by atoms with E-state index in [0.29, 0.717) is 0 Å². The van der Waals surface area contributed by atoms with Gasteiger partial charge in [-0.1, -0.05) is 12.1 Å². The van der Waals surface area contributed by atoms with Crippen molar-refractivity contribution in [3.8, 4) is 5.75 Å². The molecule has 0 aliphatic heterocycles. The summed E-state index contributed by atoms with van der Waals surface area (Å²) in [6, 6.07) is 7.04. The van der Waals surface area contributed by atoms with E-state index in [4.69, 9.17) is 4.74 Å². The summed E-state index contributed by atoms with van der Waals surface area (Å²) in [5.74, 6) is -0.457. The molecule has 13 heavy (non-hydrogen) atoms. The average molecular weight is 177 g/mol. The predicted octanol–water partition coefficient (Wildman–Crippen LogP) is 1.67. The van der Waals surface area contributed by atoms with Crippen LogP contribution in [0.2, 0.25) is 0 Å². The van der Waals surface area contributed by atoms with E-state index >= 15 is 0 Å². The topological polar surface area (TPSA) is 46.2 Å². The molecular formula is C10H9O3. The number of benzene rings is 1. The molecule has 0 N–H and O–H groups in total. The van der Waals surface area contributed by atoms with Gasteiger partial charge in [0.2, 0.25) is 0 Å². The van der Waals surface area contributed by atoms with Crippen LogP contribution in [0.15, 0.2) is 30.3 Å². The molecule has 0 fully saturated rings. The van der Waals surface area contributed by atoms with Crippen molar-refractivity contribution >= 4 is 12.0 Å². The second-order valence-corrected chi connectivity index (χ2v) is 2.43. The highest BCUT2D eigenvalue weighted by atomic mass is 16.5. The van der Waals surface area contributed by atoms with Crippen molar-refractivity contribution in [2.24, 2.45) is 0 Å². The second-order valence-electron chi connectivity index (χ2n) is 2.43.